The number of rotatable bonds is 16. The Kier molecular flexibility index (Phi) is 14.5. The molecule has 0 heterocycles. The van der Waals surface area contributed by atoms with Gasteiger partial charge in [0, 0.05) is 28.9 Å². The summed E-state index contributed by atoms with van der Waals surface area (Å²) >= 11 is 34.4. The molecule has 0 rings (SSSR count). The highest BCUT2D eigenvalue weighted by atomic mass is 35.5. The van der Waals surface area contributed by atoms with Gasteiger partial charge in [0.2, 0.25) is 0 Å². The van der Waals surface area contributed by atoms with Crippen LogP contribution in [-0.2, 0) is 26.1 Å². The molecular weight excluding hydrogens is 543 g/mol. The molecule has 0 saturated carbocycles. The van der Waals surface area contributed by atoms with Crippen LogP contribution in [0.4, 0.5) is 0 Å². The van der Waals surface area contributed by atoms with E-state index in [2.05, 4.69) is 12.5 Å². The molecule has 0 aliphatic heterocycles. The Morgan fingerprint density at radius 2 is 1.29 bits per heavy atom. The molecule has 2 atom stereocenters. The van der Waals surface area contributed by atoms with E-state index < -0.39 is 26.7 Å². The van der Waals surface area contributed by atoms with Gasteiger partial charge in [0.15, 0.2) is 0 Å². The average molecular weight is 567 g/mol. The van der Waals surface area contributed by atoms with E-state index in [1.165, 1.54) is 0 Å². The molecule has 0 amide bonds. The quantitative estimate of drug-likeness (QED) is 0.153. The van der Waals surface area contributed by atoms with Crippen LogP contribution in [0, 0.1) is 11.3 Å². The van der Waals surface area contributed by atoms with Crippen molar-refractivity contribution in [2.24, 2.45) is 11.3 Å². The summed E-state index contributed by atoms with van der Waals surface area (Å²) in [5.74, 6) is 0.481. The van der Waals surface area contributed by atoms with Crippen LogP contribution in [0.1, 0.15) is 39.5 Å². The highest BCUT2D eigenvalue weighted by molar-refractivity contribution is 7.62. The van der Waals surface area contributed by atoms with Gasteiger partial charge in [-0.15, -0.1) is 46.4 Å². The van der Waals surface area contributed by atoms with Gasteiger partial charge in [-0.1, -0.05) is 13.8 Å². The van der Waals surface area contributed by atoms with Crippen molar-refractivity contribution in [1.82, 2.24) is 0 Å². The SMILES string of the molecule is CC(C)C(CCCl)(CCCl)C(CCCl)(CCCl)OP(=O)(OCl)OP(=O)(O)OCl. The monoisotopic (exact) mass is 564 g/mol. The van der Waals surface area contributed by atoms with Crippen molar-refractivity contribution in [1.29, 1.82) is 0 Å². The van der Waals surface area contributed by atoms with Crippen molar-refractivity contribution in [3.8, 4) is 0 Å². The van der Waals surface area contributed by atoms with E-state index in [9.17, 15) is 14.0 Å². The van der Waals surface area contributed by atoms with E-state index in [1.54, 1.807) is 0 Å². The first-order valence-electron chi connectivity index (χ1n) is 8.17. The molecule has 0 aliphatic rings. The lowest BCUT2D eigenvalue weighted by atomic mass is 9.59. The maximum atomic E-state index is 13.0. The molecule has 0 spiro atoms. The summed E-state index contributed by atoms with van der Waals surface area (Å²) in [5.41, 5.74) is -2.17. The van der Waals surface area contributed by atoms with Gasteiger partial charge < -0.3 is 4.89 Å². The van der Waals surface area contributed by atoms with Crippen LogP contribution in [0.15, 0.2) is 0 Å². The highest BCUT2D eigenvalue weighted by Crippen LogP contribution is 2.69. The van der Waals surface area contributed by atoms with Gasteiger partial charge >= 0.3 is 15.6 Å². The van der Waals surface area contributed by atoms with Crippen LogP contribution in [0.25, 0.3) is 0 Å². The first-order chi connectivity index (χ1) is 13.0. The highest BCUT2D eigenvalue weighted by Gasteiger charge is 2.57. The molecule has 28 heavy (non-hydrogen) atoms. The predicted molar refractivity (Wildman–Crippen MR) is 115 cm³/mol. The molecule has 0 radical (unpaired) electrons. The maximum absolute atomic E-state index is 13.0. The summed E-state index contributed by atoms with van der Waals surface area (Å²) in [6.07, 6.45) is 1.02. The fourth-order valence-corrected chi connectivity index (χ4v) is 7.52. The van der Waals surface area contributed by atoms with Crippen molar-refractivity contribution in [2.75, 3.05) is 23.5 Å². The normalized spacial score (nSPS) is 17.5. The summed E-state index contributed by atoms with van der Waals surface area (Å²) in [4.78, 5) is 9.46. The molecule has 7 nitrogen and oxygen atoms in total. The topological polar surface area (TPSA) is 91.3 Å². The Balaban J connectivity index is 6.53. The molecule has 0 aliphatic carbocycles. The summed E-state index contributed by atoms with van der Waals surface area (Å²) in [6, 6.07) is 0. The van der Waals surface area contributed by atoms with E-state index in [1.807, 2.05) is 13.8 Å². The Morgan fingerprint density at radius 3 is 1.57 bits per heavy atom. The van der Waals surface area contributed by atoms with Crippen LogP contribution in [-0.4, -0.2) is 34.0 Å². The largest absolute Gasteiger partial charge is 0.500 e. The van der Waals surface area contributed by atoms with Gasteiger partial charge in [-0.3, -0.25) is 4.52 Å². The van der Waals surface area contributed by atoms with E-state index in [0.29, 0.717) is 12.8 Å². The smallest absolute Gasteiger partial charge is 0.301 e. The first kappa shape index (κ1) is 30.0. The van der Waals surface area contributed by atoms with Crippen molar-refractivity contribution >= 4 is 85.8 Å². The third-order valence-corrected chi connectivity index (χ3v) is 9.08. The number of hydrogen-bond donors (Lipinski definition) is 1. The Morgan fingerprint density at radius 1 is 0.857 bits per heavy atom. The molecule has 15 heteroatoms. The van der Waals surface area contributed by atoms with Crippen LogP contribution in [0.3, 0.4) is 0 Å². The number of halogens is 6. The van der Waals surface area contributed by atoms with Gasteiger partial charge in [-0.05, 0) is 31.6 Å². The van der Waals surface area contributed by atoms with Crippen LogP contribution in [0.2, 0.25) is 0 Å². The van der Waals surface area contributed by atoms with E-state index in [-0.39, 0.29) is 42.3 Å². The fourth-order valence-electron chi connectivity index (χ4n) is 3.53. The lowest BCUT2D eigenvalue weighted by molar-refractivity contribution is -0.109. The summed E-state index contributed by atoms with van der Waals surface area (Å²) in [6.45, 7) is 3.82. The van der Waals surface area contributed by atoms with Crippen molar-refractivity contribution in [2.45, 2.75) is 45.1 Å². The van der Waals surface area contributed by atoms with Crippen molar-refractivity contribution in [3.63, 3.8) is 0 Å². The Labute approximate surface area is 196 Å². The van der Waals surface area contributed by atoms with Gasteiger partial charge in [0.1, 0.15) is 0 Å². The van der Waals surface area contributed by atoms with E-state index in [4.69, 9.17) is 74.7 Å². The second kappa shape index (κ2) is 13.5. The summed E-state index contributed by atoms with van der Waals surface area (Å²) < 4.78 is 43.0. The lowest BCUT2D eigenvalue weighted by Crippen LogP contribution is -2.54. The Hall–Kier alpha value is 2.00. The Bertz CT molecular complexity index is 541. The zero-order chi connectivity index (χ0) is 22.1. The summed E-state index contributed by atoms with van der Waals surface area (Å²) in [7, 11) is -9.86. The predicted octanol–water partition coefficient (Wildman–Crippen LogP) is 7.47. The summed E-state index contributed by atoms with van der Waals surface area (Å²) in [5, 5.41) is 0. The van der Waals surface area contributed by atoms with Crippen LogP contribution >= 0.6 is 85.8 Å². The molecular formula is C13H24Cl6O7P2. The molecule has 2 unspecified atom stereocenters. The van der Waals surface area contributed by atoms with Crippen molar-refractivity contribution in [3.05, 3.63) is 0 Å². The average Bonchev–Trinajstić information content (AvgIpc) is 2.61. The maximum Gasteiger partial charge on any atom is 0.500 e. The fraction of sp³-hybridized carbons (Fsp3) is 1.00. The first-order valence-corrected chi connectivity index (χ1v) is 13.9. The van der Waals surface area contributed by atoms with Gasteiger partial charge in [-0.25, -0.2) is 9.13 Å². The molecule has 1 N–H and O–H groups in total. The molecule has 0 aromatic carbocycles. The van der Waals surface area contributed by atoms with Gasteiger partial charge in [-0.2, -0.15) is 12.5 Å². The molecule has 0 saturated heterocycles. The van der Waals surface area contributed by atoms with Gasteiger partial charge in [0.05, 0.1) is 29.3 Å². The minimum atomic E-state index is -4.99. The van der Waals surface area contributed by atoms with Gasteiger partial charge in [0.25, 0.3) is 0 Å². The molecule has 170 valence electrons. The third kappa shape index (κ3) is 7.85. The minimum absolute atomic E-state index is 0.0704. The lowest BCUT2D eigenvalue weighted by Gasteiger charge is -2.53. The van der Waals surface area contributed by atoms with Crippen LogP contribution in [0.5, 0.6) is 0 Å². The third-order valence-electron chi connectivity index (χ3n) is 4.75. The second-order valence-corrected chi connectivity index (χ2v) is 11.6. The second-order valence-electron chi connectivity index (χ2n) is 6.29. The number of phosphoric acid groups is 2. The number of hydrogen-bond acceptors (Lipinski definition) is 6. The zero-order valence-corrected chi connectivity index (χ0v) is 21.6. The van der Waals surface area contributed by atoms with E-state index >= 15 is 0 Å². The van der Waals surface area contributed by atoms with Crippen molar-refractivity contribution < 1.29 is 31.0 Å². The molecule has 0 aromatic heterocycles. The standard InChI is InChI=1S/C13H24Cl6O7P2/c1-11(2)12(3-7-14,4-8-15)13(5-9-16,6-10-17)23-28(22,25-19)26-27(20,21)24-18/h11H,3-10H2,1-2H3,(H,20,21). The number of alkyl halides is 4. The molecule has 0 fully saturated rings. The molecule has 0 aromatic rings. The van der Waals surface area contributed by atoms with Crippen LogP contribution < -0.4 is 0 Å². The minimum Gasteiger partial charge on any atom is -0.301 e. The molecule has 0 bridgehead atoms. The van der Waals surface area contributed by atoms with E-state index in [0.717, 1.165) is 0 Å². The zero-order valence-electron chi connectivity index (χ0n) is 15.3.